The SMILES string of the molecule is CCCc1noc(COc2cc(C(=O)O)cc3c2CC(C)(C)O3)n1. The highest BCUT2D eigenvalue weighted by molar-refractivity contribution is 5.89. The summed E-state index contributed by atoms with van der Waals surface area (Å²) in [5.74, 6) is 1.01. The molecule has 1 aromatic carbocycles. The Labute approximate surface area is 139 Å². The third-order valence-corrected chi connectivity index (χ3v) is 3.74. The van der Waals surface area contributed by atoms with Crippen LogP contribution in [0.2, 0.25) is 0 Å². The van der Waals surface area contributed by atoms with E-state index in [1.807, 2.05) is 20.8 Å². The first-order valence-corrected chi connectivity index (χ1v) is 7.91. The minimum Gasteiger partial charge on any atom is -0.487 e. The van der Waals surface area contributed by atoms with E-state index in [1.165, 1.54) is 12.1 Å². The van der Waals surface area contributed by atoms with E-state index in [9.17, 15) is 9.90 Å². The van der Waals surface area contributed by atoms with E-state index in [4.69, 9.17) is 14.0 Å². The molecular weight excluding hydrogens is 312 g/mol. The molecule has 128 valence electrons. The number of fused-ring (bicyclic) bond motifs is 1. The number of carboxylic acid groups (broad SMARTS) is 1. The van der Waals surface area contributed by atoms with Crippen LogP contribution in [0.25, 0.3) is 0 Å². The maximum atomic E-state index is 11.3. The van der Waals surface area contributed by atoms with Crippen molar-refractivity contribution in [3.63, 3.8) is 0 Å². The van der Waals surface area contributed by atoms with Crippen LogP contribution in [0.4, 0.5) is 0 Å². The van der Waals surface area contributed by atoms with Crippen LogP contribution in [-0.4, -0.2) is 26.8 Å². The molecule has 24 heavy (non-hydrogen) atoms. The van der Waals surface area contributed by atoms with Crippen LogP contribution < -0.4 is 9.47 Å². The highest BCUT2D eigenvalue weighted by atomic mass is 16.5. The van der Waals surface area contributed by atoms with Gasteiger partial charge >= 0.3 is 5.97 Å². The molecule has 0 saturated carbocycles. The standard InChI is InChI=1S/C17H20N2O5/c1-4-5-14-18-15(24-19-14)9-22-12-6-10(16(20)21)7-13-11(12)8-17(2,3)23-13/h6-7H,4-5,8-9H2,1-3H3,(H,20,21). The van der Waals surface area contributed by atoms with Gasteiger partial charge in [0.25, 0.3) is 5.89 Å². The average Bonchev–Trinajstić information content (AvgIpc) is 3.07. The maximum absolute atomic E-state index is 11.3. The molecule has 1 aromatic heterocycles. The van der Waals surface area contributed by atoms with Gasteiger partial charge in [-0.05, 0) is 32.4 Å². The minimum atomic E-state index is -1.03. The Morgan fingerprint density at radius 2 is 2.21 bits per heavy atom. The van der Waals surface area contributed by atoms with Gasteiger partial charge in [0.1, 0.15) is 17.1 Å². The summed E-state index contributed by atoms with van der Waals surface area (Å²) in [7, 11) is 0. The molecule has 2 heterocycles. The number of hydrogen-bond donors (Lipinski definition) is 1. The highest BCUT2D eigenvalue weighted by Gasteiger charge is 2.33. The lowest BCUT2D eigenvalue weighted by Gasteiger charge is -2.16. The number of ether oxygens (including phenoxy) is 2. The summed E-state index contributed by atoms with van der Waals surface area (Å²) in [4.78, 5) is 15.6. The van der Waals surface area contributed by atoms with Gasteiger partial charge in [0, 0.05) is 18.4 Å². The fraction of sp³-hybridized carbons (Fsp3) is 0.471. The number of carboxylic acids is 1. The lowest BCUT2D eigenvalue weighted by atomic mass is 10.00. The lowest BCUT2D eigenvalue weighted by Crippen LogP contribution is -2.24. The number of aromatic nitrogens is 2. The number of aryl methyl sites for hydroxylation is 1. The Balaban J connectivity index is 1.83. The second kappa shape index (κ2) is 6.14. The molecule has 2 aromatic rings. The van der Waals surface area contributed by atoms with Gasteiger partial charge in [-0.1, -0.05) is 12.1 Å². The molecular formula is C17H20N2O5. The quantitative estimate of drug-likeness (QED) is 0.868. The first-order chi connectivity index (χ1) is 11.4. The minimum absolute atomic E-state index is 0.0899. The van der Waals surface area contributed by atoms with Crippen LogP contribution in [0.1, 0.15) is 54.8 Å². The zero-order valence-corrected chi connectivity index (χ0v) is 14.0. The monoisotopic (exact) mass is 332 g/mol. The Morgan fingerprint density at radius 1 is 1.42 bits per heavy atom. The predicted molar refractivity (Wildman–Crippen MR) is 84.4 cm³/mol. The fourth-order valence-corrected chi connectivity index (χ4v) is 2.71. The van der Waals surface area contributed by atoms with Crippen molar-refractivity contribution in [3.8, 4) is 11.5 Å². The van der Waals surface area contributed by atoms with Gasteiger partial charge in [-0.3, -0.25) is 0 Å². The van der Waals surface area contributed by atoms with Gasteiger partial charge in [0.2, 0.25) is 0 Å². The summed E-state index contributed by atoms with van der Waals surface area (Å²) in [6.07, 6.45) is 2.32. The molecule has 0 bridgehead atoms. The summed E-state index contributed by atoms with van der Waals surface area (Å²) in [6.45, 7) is 6.03. The summed E-state index contributed by atoms with van der Waals surface area (Å²) < 4.78 is 16.7. The third-order valence-electron chi connectivity index (χ3n) is 3.74. The van der Waals surface area contributed by atoms with Gasteiger partial charge in [0.15, 0.2) is 12.4 Å². The summed E-state index contributed by atoms with van der Waals surface area (Å²) in [5, 5.41) is 13.1. The average molecular weight is 332 g/mol. The summed E-state index contributed by atoms with van der Waals surface area (Å²) in [6, 6.07) is 3.04. The van der Waals surface area contributed by atoms with Crippen LogP contribution in [0.5, 0.6) is 11.5 Å². The molecule has 0 amide bonds. The lowest BCUT2D eigenvalue weighted by molar-refractivity contribution is 0.0695. The van der Waals surface area contributed by atoms with Gasteiger partial charge in [-0.15, -0.1) is 0 Å². The van der Waals surface area contributed by atoms with Crippen LogP contribution in [-0.2, 0) is 19.4 Å². The molecule has 0 spiro atoms. The maximum Gasteiger partial charge on any atom is 0.335 e. The molecule has 0 fully saturated rings. The number of aromatic carboxylic acids is 1. The second-order valence-electron chi connectivity index (χ2n) is 6.44. The molecule has 0 aliphatic carbocycles. The van der Waals surface area contributed by atoms with E-state index in [0.717, 1.165) is 18.4 Å². The molecule has 0 radical (unpaired) electrons. The van der Waals surface area contributed by atoms with E-state index < -0.39 is 11.6 Å². The first-order valence-electron chi connectivity index (χ1n) is 7.91. The molecule has 1 aliphatic rings. The van der Waals surface area contributed by atoms with Gasteiger partial charge in [-0.25, -0.2) is 4.79 Å². The van der Waals surface area contributed by atoms with Crippen LogP contribution in [0, 0.1) is 0 Å². The molecule has 0 unspecified atom stereocenters. The number of carbonyl (C=O) groups is 1. The molecule has 7 heteroatoms. The fourth-order valence-electron chi connectivity index (χ4n) is 2.71. The van der Waals surface area contributed by atoms with E-state index in [-0.39, 0.29) is 12.2 Å². The van der Waals surface area contributed by atoms with Crippen LogP contribution >= 0.6 is 0 Å². The van der Waals surface area contributed by atoms with E-state index in [2.05, 4.69) is 10.1 Å². The number of hydrogen-bond acceptors (Lipinski definition) is 6. The molecule has 0 atom stereocenters. The predicted octanol–water partition coefficient (Wildman–Crippen LogP) is 3.01. The number of nitrogens with zero attached hydrogens (tertiary/aromatic N) is 2. The van der Waals surface area contributed by atoms with Gasteiger partial charge < -0.3 is 19.1 Å². The van der Waals surface area contributed by atoms with Crippen LogP contribution in [0.15, 0.2) is 16.7 Å². The Hall–Kier alpha value is -2.57. The van der Waals surface area contributed by atoms with Crippen molar-refractivity contribution in [2.24, 2.45) is 0 Å². The smallest absolute Gasteiger partial charge is 0.335 e. The van der Waals surface area contributed by atoms with E-state index >= 15 is 0 Å². The molecule has 1 N–H and O–H groups in total. The number of rotatable bonds is 6. The van der Waals surface area contributed by atoms with Crippen molar-refractivity contribution in [2.75, 3.05) is 0 Å². The zero-order valence-electron chi connectivity index (χ0n) is 14.0. The number of benzene rings is 1. The largest absolute Gasteiger partial charge is 0.487 e. The summed E-state index contributed by atoms with van der Waals surface area (Å²) >= 11 is 0. The van der Waals surface area contributed by atoms with Crippen molar-refractivity contribution in [2.45, 2.75) is 52.2 Å². The van der Waals surface area contributed by atoms with E-state index in [0.29, 0.717) is 29.6 Å². The third kappa shape index (κ3) is 3.34. The second-order valence-corrected chi connectivity index (χ2v) is 6.44. The van der Waals surface area contributed by atoms with Crippen molar-refractivity contribution < 1.29 is 23.9 Å². The Kier molecular flexibility index (Phi) is 4.17. The highest BCUT2D eigenvalue weighted by Crippen LogP contribution is 2.41. The molecule has 3 rings (SSSR count). The van der Waals surface area contributed by atoms with Crippen molar-refractivity contribution in [3.05, 3.63) is 35.0 Å². The van der Waals surface area contributed by atoms with Gasteiger partial charge in [-0.2, -0.15) is 4.98 Å². The van der Waals surface area contributed by atoms with Crippen molar-refractivity contribution in [1.82, 2.24) is 10.1 Å². The first kappa shape index (κ1) is 16.3. The van der Waals surface area contributed by atoms with Crippen molar-refractivity contribution >= 4 is 5.97 Å². The topological polar surface area (TPSA) is 94.7 Å². The Bertz CT molecular complexity index is 766. The molecule has 0 saturated heterocycles. The van der Waals surface area contributed by atoms with Crippen molar-refractivity contribution in [1.29, 1.82) is 0 Å². The van der Waals surface area contributed by atoms with E-state index in [1.54, 1.807) is 0 Å². The van der Waals surface area contributed by atoms with Crippen LogP contribution in [0.3, 0.4) is 0 Å². The van der Waals surface area contributed by atoms with Gasteiger partial charge in [0.05, 0.1) is 5.56 Å². The normalized spacial score (nSPS) is 15.0. The molecule has 7 nitrogen and oxygen atoms in total. The Morgan fingerprint density at radius 3 is 2.92 bits per heavy atom. The summed E-state index contributed by atoms with van der Waals surface area (Å²) in [5.41, 5.74) is 0.591. The molecule has 1 aliphatic heterocycles. The zero-order chi connectivity index (χ0) is 17.3.